The fraction of sp³-hybridized carbons (Fsp3) is 0.333. The molecule has 1 aromatic carbocycles. The molecule has 0 bridgehead atoms. The summed E-state index contributed by atoms with van der Waals surface area (Å²) in [6, 6.07) is 10.2. The van der Waals surface area contributed by atoms with Crippen molar-refractivity contribution in [2.75, 3.05) is 0 Å². The van der Waals surface area contributed by atoms with Gasteiger partial charge in [0.25, 0.3) is 0 Å². The molecule has 0 aliphatic heterocycles. The van der Waals surface area contributed by atoms with Crippen molar-refractivity contribution in [1.29, 1.82) is 0 Å². The molecule has 0 fully saturated rings. The first-order valence-corrected chi connectivity index (χ1v) is 7.57. The number of aromatic nitrogens is 3. The van der Waals surface area contributed by atoms with Gasteiger partial charge in [-0.1, -0.05) is 0 Å². The Kier molecular flexibility index (Phi) is 4.14. The molecular formula is C12H15N3Se. The number of hydrogen-bond acceptors (Lipinski definition) is 2. The molecule has 0 aliphatic rings. The van der Waals surface area contributed by atoms with Crippen molar-refractivity contribution >= 4 is 19.5 Å². The van der Waals surface area contributed by atoms with Crippen LogP contribution in [0.3, 0.4) is 0 Å². The van der Waals surface area contributed by atoms with Gasteiger partial charge in [0.15, 0.2) is 0 Å². The van der Waals surface area contributed by atoms with Gasteiger partial charge in [-0.2, -0.15) is 0 Å². The van der Waals surface area contributed by atoms with Crippen LogP contribution in [-0.4, -0.2) is 30.0 Å². The van der Waals surface area contributed by atoms with Gasteiger partial charge in [-0.3, -0.25) is 0 Å². The van der Waals surface area contributed by atoms with E-state index in [-0.39, 0.29) is 0 Å². The molecule has 2 aromatic rings. The second kappa shape index (κ2) is 5.83. The Labute approximate surface area is 102 Å². The zero-order valence-electron chi connectivity index (χ0n) is 9.34. The normalized spacial score (nSPS) is 10.6. The van der Waals surface area contributed by atoms with Crippen LogP contribution in [0.25, 0.3) is 5.69 Å². The minimum atomic E-state index is 0.481. The van der Waals surface area contributed by atoms with E-state index in [2.05, 4.69) is 29.4 Å². The van der Waals surface area contributed by atoms with Crippen LogP contribution in [0.5, 0.6) is 0 Å². The van der Waals surface area contributed by atoms with E-state index >= 15 is 0 Å². The number of rotatable bonds is 5. The van der Waals surface area contributed by atoms with Crippen molar-refractivity contribution in [3.8, 4) is 5.69 Å². The maximum atomic E-state index is 4.15. The zero-order valence-corrected chi connectivity index (χ0v) is 11.0. The van der Waals surface area contributed by atoms with Gasteiger partial charge in [0.2, 0.25) is 0 Å². The van der Waals surface area contributed by atoms with Crippen molar-refractivity contribution in [2.45, 2.75) is 25.1 Å². The molecule has 2 rings (SSSR count). The molecule has 0 saturated heterocycles. The Morgan fingerprint density at radius 3 is 2.81 bits per heavy atom. The predicted molar refractivity (Wildman–Crippen MR) is 66.5 cm³/mol. The molecule has 84 valence electrons. The Morgan fingerprint density at radius 1 is 1.25 bits per heavy atom. The summed E-state index contributed by atoms with van der Waals surface area (Å²) < 4.78 is 3.21. The van der Waals surface area contributed by atoms with E-state index in [1.54, 1.807) is 0 Å². The quantitative estimate of drug-likeness (QED) is 0.618. The number of nitrogens with zero attached hydrogens (tertiary/aromatic N) is 3. The summed E-state index contributed by atoms with van der Waals surface area (Å²) in [6.45, 7) is 2.23. The van der Waals surface area contributed by atoms with E-state index < -0.39 is 0 Å². The van der Waals surface area contributed by atoms with Gasteiger partial charge in [0.05, 0.1) is 0 Å². The average Bonchev–Trinajstić information content (AvgIpc) is 2.79. The first kappa shape index (κ1) is 11.4. The van der Waals surface area contributed by atoms with E-state index in [1.165, 1.54) is 22.8 Å². The van der Waals surface area contributed by atoms with Crippen LogP contribution in [0, 0.1) is 0 Å². The molecule has 3 nitrogen and oxygen atoms in total. The van der Waals surface area contributed by atoms with Gasteiger partial charge in [0, 0.05) is 0 Å². The van der Waals surface area contributed by atoms with Crippen molar-refractivity contribution in [3.63, 3.8) is 0 Å². The minimum absolute atomic E-state index is 0.481. The number of hydrogen-bond donors (Lipinski definition) is 0. The molecule has 0 saturated carbocycles. The Balaban J connectivity index is 2.13. The molecule has 0 unspecified atom stereocenters. The summed E-state index contributed by atoms with van der Waals surface area (Å²) in [5.41, 5.74) is 1.10. The molecule has 0 atom stereocenters. The van der Waals surface area contributed by atoms with E-state index in [9.17, 15) is 0 Å². The van der Waals surface area contributed by atoms with Gasteiger partial charge in [-0.15, -0.1) is 0 Å². The SMILES string of the molecule is CCCC[Se]c1cnnn1-c1ccccc1. The fourth-order valence-electron chi connectivity index (χ4n) is 1.39. The summed E-state index contributed by atoms with van der Waals surface area (Å²) in [5.74, 6) is 0. The molecule has 4 heteroatoms. The molecule has 1 aromatic heterocycles. The van der Waals surface area contributed by atoms with Crippen LogP contribution in [0.2, 0.25) is 5.32 Å². The van der Waals surface area contributed by atoms with Gasteiger partial charge in [-0.05, 0) is 0 Å². The molecule has 0 amide bonds. The third-order valence-electron chi connectivity index (χ3n) is 2.27. The first-order chi connectivity index (χ1) is 7.92. The summed E-state index contributed by atoms with van der Waals surface area (Å²) in [5, 5.41) is 9.42. The summed E-state index contributed by atoms with van der Waals surface area (Å²) in [7, 11) is 0. The molecule has 0 N–H and O–H groups in total. The van der Waals surface area contributed by atoms with Crippen LogP contribution in [0.4, 0.5) is 0 Å². The molecule has 16 heavy (non-hydrogen) atoms. The molecule has 0 radical (unpaired) electrons. The van der Waals surface area contributed by atoms with E-state index in [1.807, 2.05) is 29.1 Å². The third-order valence-corrected chi connectivity index (χ3v) is 4.51. The van der Waals surface area contributed by atoms with E-state index in [0.717, 1.165) is 5.69 Å². The van der Waals surface area contributed by atoms with Crippen LogP contribution in [0.1, 0.15) is 19.8 Å². The topological polar surface area (TPSA) is 30.7 Å². The Hall–Kier alpha value is -1.12. The van der Waals surface area contributed by atoms with Gasteiger partial charge in [0.1, 0.15) is 0 Å². The second-order valence-corrected chi connectivity index (χ2v) is 5.86. The predicted octanol–water partition coefficient (Wildman–Crippen LogP) is 1.82. The second-order valence-electron chi connectivity index (χ2n) is 3.52. The Morgan fingerprint density at radius 2 is 2.06 bits per heavy atom. The summed E-state index contributed by atoms with van der Waals surface area (Å²) in [6.07, 6.45) is 4.44. The first-order valence-electron chi connectivity index (χ1n) is 5.50. The summed E-state index contributed by atoms with van der Waals surface area (Å²) in [4.78, 5) is 0. The zero-order chi connectivity index (χ0) is 11.2. The van der Waals surface area contributed by atoms with Crippen molar-refractivity contribution in [2.24, 2.45) is 0 Å². The third kappa shape index (κ3) is 2.71. The standard InChI is InChI=1S/C12H15N3Se/c1-2-3-9-16-12-10-13-14-15(12)11-7-5-4-6-8-11/h4-8,10H,2-3,9H2,1H3. The number of para-hydroxylation sites is 1. The van der Waals surface area contributed by atoms with Crippen molar-refractivity contribution < 1.29 is 0 Å². The molecule has 1 heterocycles. The van der Waals surface area contributed by atoms with Crippen LogP contribution >= 0.6 is 0 Å². The Bertz CT molecular complexity index is 425. The molecule has 0 aliphatic carbocycles. The van der Waals surface area contributed by atoms with Gasteiger partial charge < -0.3 is 0 Å². The fourth-order valence-corrected chi connectivity index (χ4v) is 3.55. The van der Waals surface area contributed by atoms with Crippen molar-refractivity contribution in [1.82, 2.24) is 15.0 Å². The van der Waals surface area contributed by atoms with Gasteiger partial charge >= 0.3 is 102 Å². The molecular weight excluding hydrogens is 265 g/mol. The van der Waals surface area contributed by atoms with Crippen LogP contribution < -0.4 is 4.59 Å². The number of benzene rings is 1. The van der Waals surface area contributed by atoms with E-state index in [4.69, 9.17) is 0 Å². The van der Waals surface area contributed by atoms with Crippen LogP contribution in [-0.2, 0) is 0 Å². The molecule has 0 spiro atoms. The maximum absolute atomic E-state index is 4.15. The van der Waals surface area contributed by atoms with Crippen molar-refractivity contribution in [3.05, 3.63) is 36.5 Å². The van der Waals surface area contributed by atoms with Gasteiger partial charge in [-0.25, -0.2) is 0 Å². The monoisotopic (exact) mass is 281 g/mol. The summed E-state index contributed by atoms with van der Waals surface area (Å²) >= 11 is 0.481. The van der Waals surface area contributed by atoms with Crippen LogP contribution in [0.15, 0.2) is 36.5 Å². The average molecular weight is 280 g/mol. The number of unbranched alkanes of at least 4 members (excludes halogenated alkanes) is 1. The van der Waals surface area contributed by atoms with E-state index in [0.29, 0.717) is 15.0 Å².